The Morgan fingerprint density at radius 2 is 2.44 bits per heavy atom. The molecule has 0 unspecified atom stereocenters. The third-order valence-corrected chi connectivity index (χ3v) is 0.912. The summed E-state index contributed by atoms with van der Waals surface area (Å²) in [6, 6.07) is 0. The summed E-state index contributed by atoms with van der Waals surface area (Å²) in [6.07, 6.45) is 6.81. The van der Waals surface area contributed by atoms with Gasteiger partial charge >= 0.3 is 0 Å². The van der Waals surface area contributed by atoms with Gasteiger partial charge in [-0.2, -0.15) is 0 Å². The van der Waals surface area contributed by atoms with Crippen LogP contribution in [0, 0.1) is 6.08 Å². The van der Waals surface area contributed by atoms with Crippen molar-refractivity contribution in [3.8, 4) is 0 Å². The second kappa shape index (κ2) is 2.33. The molecular formula is C7H4FO+. The summed E-state index contributed by atoms with van der Waals surface area (Å²) >= 11 is 0. The highest BCUT2D eigenvalue weighted by molar-refractivity contribution is 5.78. The van der Waals surface area contributed by atoms with Crippen LogP contribution in [0.25, 0.3) is 0 Å². The van der Waals surface area contributed by atoms with Crippen LogP contribution in [0.4, 0.5) is 4.39 Å². The summed E-state index contributed by atoms with van der Waals surface area (Å²) < 4.78 is 12.2. The Bertz CT molecular complexity index is 211. The lowest BCUT2D eigenvalue weighted by molar-refractivity contribution is -0.104. The highest BCUT2D eigenvalue weighted by Crippen LogP contribution is 2.08. The van der Waals surface area contributed by atoms with Gasteiger partial charge in [-0.05, 0) is 0 Å². The van der Waals surface area contributed by atoms with Gasteiger partial charge in [0.2, 0.25) is 12.1 Å². The average molecular weight is 123 g/mol. The fourth-order valence-electron chi connectivity index (χ4n) is 0.528. The molecule has 0 aromatic rings. The van der Waals surface area contributed by atoms with Crippen molar-refractivity contribution in [1.82, 2.24) is 0 Å². The molecule has 0 aromatic heterocycles. The zero-order valence-electron chi connectivity index (χ0n) is 4.60. The van der Waals surface area contributed by atoms with Gasteiger partial charge in [0, 0.05) is 6.08 Å². The monoisotopic (exact) mass is 123 g/mol. The van der Waals surface area contributed by atoms with Crippen LogP contribution < -0.4 is 0 Å². The topological polar surface area (TPSA) is 17.1 Å². The fourth-order valence-corrected chi connectivity index (χ4v) is 0.528. The Hall–Kier alpha value is -1.27. The summed E-state index contributed by atoms with van der Waals surface area (Å²) in [5.41, 5.74) is 0.315. The van der Waals surface area contributed by atoms with Gasteiger partial charge in [0.1, 0.15) is 17.7 Å². The smallest absolute Gasteiger partial charge is 0.241 e. The lowest BCUT2D eigenvalue weighted by Gasteiger charge is -1.81. The van der Waals surface area contributed by atoms with E-state index >= 15 is 0 Å². The molecule has 1 aliphatic carbocycles. The minimum Gasteiger partial charge on any atom is -0.282 e. The number of allylic oxidation sites excluding steroid dienone is 6. The van der Waals surface area contributed by atoms with Crippen molar-refractivity contribution in [2.45, 2.75) is 0 Å². The van der Waals surface area contributed by atoms with Crippen molar-refractivity contribution in [3.63, 3.8) is 0 Å². The molecule has 0 atom stereocenters. The molecule has 9 heavy (non-hydrogen) atoms. The van der Waals surface area contributed by atoms with E-state index in [0.29, 0.717) is 11.9 Å². The van der Waals surface area contributed by atoms with Gasteiger partial charge in [-0.25, -0.2) is 0 Å². The van der Waals surface area contributed by atoms with E-state index in [-0.39, 0.29) is 0 Å². The first-order valence-corrected chi connectivity index (χ1v) is 2.45. The van der Waals surface area contributed by atoms with E-state index in [0.717, 1.165) is 6.08 Å². The summed E-state index contributed by atoms with van der Waals surface area (Å²) in [4.78, 5) is 9.97. The maximum atomic E-state index is 12.2. The maximum Gasteiger partial charge on any atom is 0.241 e. The quantitative estimate of drug-likeness (QED) is 0.380. The zero-order valence-corrected chi connectivity index (χ0v) is 4.60. The summed E-state index contributed by atoms with van der Waals surface area (Å²) in [6.45, 7) is 0. The van der Waals surface area contributed by atoms with Gasteiger partial charge in [0.25, 0.3) is 0 Å². The van der Waals surface area contributed by atoms with Crippen LogP contribution in [-0.4, -0.2) is 6.29 Å². The lowest BCUT2D eigenvalue weighted by Crippen LogP contribution is -1.83. The van der Waals surface area contributed by atoms with Crippen molar-refractivity contribution >= 4 is 6.29 Å². The normalized spacial score (nSPS) is 15.7. The van der Waals surface area contributed by atoms with E-state index in [9.17, 15) is 9.18 Å². The average Bonchev–Trinajstić information content (AvgIpc) is 1.88. The molecule has 0 heterocycles. The summed E-state index contributed by atoms with van der Waals surface area (Å²) in [5, 5.41) is 0. The number of halogens is 1. The first-order chi connectivity index (χ1) is 4.33. The molecule has 0 bridgehead atoms. The Labute approximate surface area is 52.2 Å². The van der Waals surface area contributed by atoms with E-state index in [1.54, 1.807) is 0 Å². The molecule has 44 valence electrons. The van der Waals surface area contributed by atoms with Crippen molar-refractivity contribution in [2.75, 3.05) is 0 Å². The van der Waals surface area contributed by atoms with Gasteiger partial charge in [-0.15, -0.1) is 4.39 Å². The van der Waals surface area contributed by atoms with Crippen LogP contribution in [0.15, 0.2) is 29.6 Å². The predicted octanol–water partition coefficient (Wildman–Crippen LogP) is 1.34. The van der Waals surface area contributed by atoms with Crippen LogP contribution in [0.2, 0.25) is 0 Å². The van der Waals surface area contributed by atoms with Crippen molar-refractivity contribution in [3.05, 3.63) is 35.7 Å². The lowest BCUT2D eigenvalue weighted by atomic mass is 10.2. The van der Waals surface area contributed by atoms with Gasteiger partial charge in [-0.1, -0.05) is 0 Å². The molecule has 1 rings (SSSR count). The Kier molecular flexibility index (Phi) is 1.52. The highest BCUT2D eigenvalue weighted by Gasteiger charge is 2.07. The highest BCUT2D eigenvalue weighted by atomic mass is 19.1. The van der Waals surface area contributed by atoms with Gasteiger partial charge < -0.3 is 0 Å². The SMILES string of the molecule is O=CC1=CC(F)=C[C+]=C1. The van der Waals surface area contributed by atoms with Crippen molar-refractivity contribution in [2.24, 2.45) is 0 Å². The van der Waals surface area contributed by atoms with Crippen molar-refractivity contribution in [1.29, 1.82) is 0 Å². The molecule has 0 aliphatic heterocycles. The molecule has 0 amide bonds. The van der Waals surface area contributed by atoms with Crippen LogP contribution in [0.5, 0.6) is 0 Å². The van der Waals surface area contributed by atoms with E-state index in [2.05, 4.69) is 6.08 Å². The van der Waals surface area contributed by atoms with Gasteiger partial charge in [0.05, 0.1) is 6.08 Å². The molecule has 0 N–H and O–H groups in total. The second-order valence-electron chi connectivity index (χ2n) is 1.60. The van der Waals surface area contributed by atoms with Crippen molar-refractivity contribution < 1.29 is 9.18 Å². The Morgan fingerprint density at radius 3 is 2.89 bits per heavy atom. The number of aldehydes is 1. The number of hydrogen-bond acceptors (Lipinski definition) is 1. The zero-order chi connectivity index (χ0) is 6.69. The minimum absolute atomic E-state index is 0.315. The molecule has 0 saturated heterocycles. The fraction of sp³-hybridized carbons (Fsp3) is 0. The number of hydrogen-bond donors (Lipinski definition) is 0. The van der Waals surface area contributed by atoms with E-state index in [1.165, 1.54) is 12.2 Å². The van der Waals surface area contributed by atoms with E-state index in [4.69, 9.17) is 0 Å². The van der Waals surface area contributed by atoms with Crippen LogP contribution >= 0.6 is 0 Å². The first-order valence-electron chi connectivity index (χ1n) is 2.45. The number of rotatable bonds is 1. The summed E-state index contributed by atoms with van der Waals surface area (Å²) in [7, 11) is 0. The standard InChI is InChI=1S/C7H4FO/c8-7-3-1-2-6(4-7)5-9/h2-5H/q+1. The second-order valence-corrected chi connectivity index (χ2v) is 1.60. The number of carbonyl (C=O) groups excluding carboxylic acids is 1. The molecule has 0 aromatic carbocycles. The molecule has 2 heteroatoms. The molecule has 0 radical (unpaired) electrons. The molecule has 0 fully saturated rings. The molecule has 1 nitrogen and oxygen atoms in total. The molecule has 1 aliphatic rings. The third-order valence-electron chi connectivity index (χ3n) is 0.912. The summed E-state index contributed by atoms with van der Waals surface area (Å²) in [5.74, 6) is -0.431. The maximum absolute atomic E-state index is 12.2. The van der Waals surface area contributed by atoms with Crippen LogP contribution in [-0.2, 0) is 4.79 Å². The largest absolute Gasteiger partial charge is 0.282 e. The van der Waals surface area contributed by atoms with Gasteiger partial charge in [-0.3, -0.25) is 4.79 Å². The number of carbonyl (C=O) groups is 1. The predicted molar refractivity (Wildman–Crippen MR) is 31.2 cm³/mol. The minimum atomic E-state index is -0.431. The van der Waals surface area contributed by atoms with Gasteiger partial charge in [0.15, 0.2) is 0 Å². The first kappa shape index (κ1) is 5.86. The third kappa shape index (κ3) is 1.31. The van der Waals surface area contributed by atoms with E-state index in [1.807, 2.05) is 0 Å². The Balaban J connectivity index is 2.91. The molecule has 0 spiro atoms. The Morgan fingerprint density at radius 1 is 1.67 bits per heavy atom. The van der Waals surface area contributed by atoms with Crippen LogP contribution in [0.3, 0.4) is 0 Å². The molecule has 0 saturated carbocycles. The van der Waals surface area contributed by atoms with Crippen LogP contribution in [0.1, 0.15) is 0 Å². The molecular weight excluding hydrogens is 119 g/mol. The van der Waals surface area contributed by atoms with E-state index < -0.39 is 5.83 Å².